The van der Waals surface area contributed by atoms with Gasteiger partial charge in [-0.2, -0.15) is 0 Å². The van der Waals surface area contributed by atoms with Crippen LogP contribution in [0.25, 0.3) is 0 Å². The van der Waals surface area contributed by atoms with Crippen LogP contribution in [0, 0.1) is 0 Å². The van der Waals surface area contributed by atoms with E-state index in [-0.39, 0.29) is 6.10 Å². The number of nitrogen functional groups attached to an aromatic ring is 1. The van der Waals surface area contributed by atoms with Crippen molar-refractivity contribution in [2.75, 3.05) is 12.3 Å². The third kappa shape index (κ3) is 3.42. The normalized spacial score (nSPS) is 10.7. The van der Waals surface area contributed by atoms with Gasteiger partial charge in [0, 0.05) is 6.20 Å². The van der Waals surface area contributed by atoms with Crippen molar-refractivity contribution in [3.05, 3.63) is 23.9 Å². The molecule has 0 bridgehead atoms. The van der Waals surface area contributed by atoms with Gasteiger partial charge in [0.05, 0.1) is 12.7 Å². The summed E-state index contributed by atoms with van der Waals surface area (Å²) in [5.74, 6) is 0.606. The van der Waals surface area contributed by atoms with Crippen LogP contribution in [-0.2, 0) is 11.2 Å². The summed E-state index contributed by atoms with van der Waals surface area (Å²) in [7, 11) is 0. The number of aromatic nitrogens is 1. The summed E-state index contributed by atoms with van der Waals surface area (Å²) < 4.78 is 5.42. The first-order valence-corrected chi connectivity index (χ1v) is 4.51. The first kappa shape index (κ1) is 9.99. The molecule has 3 heteroatoms. The third-order valence-corrected chi connectivity index (χ3v) is 1.75. The minimum atomic E-state index is 0.276. The highest BCUT2D eigenvalue weighted by Crippen LogP contribution is 2.07. The number of nitrogens with two attached hydrogens (primary N) is 1. The lowest BCUT2D eigenvalue weighted by atomic mass is 10.2. The molecule has 0 amide bonds. The predicted octanol–water partition coefficient (Wildman–Crippen LogP) is 1.63. The molecule has 0 aliphatic heterocycles. The molecular formula is C10H16N2O. The maximum absolute atomic E-state index is 5.67. The standard InChI is InChI=1S/C10H16N2O/c1-8(2)13-7-5-9-4-3-6-12-10(9)11/h3-4,6,8H,5,7H2,1-2H3,(H2,11,12). The molecule has 0 aromatic carbocycles. The maximum atomic E-state index is 5.67. The summed E-state index contributed by atoms with van der Waals surface area (Å²) in [5, 5.41) is 0. The molecule has 0 saturated carbocycles. The quantitative estimate of drug-likeness (QED) is 0.766. The molecule has 2 N–H and O–H groups in total. The van der Waals surface area contributed by atoms with Crippen molar-refractivity contribution in [3.63, 3.8) is 0 Å². The van der Waals surface area contributed by atoms with Crippen molar-refractivity contribution in [2.45, 2.75) is 26.4 Å². The summed E-state index contributed by atoms with van der Waals surface area (Å²) in [6, 6.07) is 3.87. The molecule has 0 unspecified atom stereocenters. The summed E-state index contributed by atoms with van der Waals surface area (Å²) in [6.45, 7) is 4.74. The van der Waals surface area contributed by atoms with Crippen LogP contribution in [0.4, 0.5) is 5.82 Å². The second-order valence-electron chi connectivity index (χ2n) is 3.22. The Balaban J connectivity index is 2.41. The number of hydrogen-bond acceptors (Lipinski definition) is 3. The van der Waals surface area contributed by atoms with E-state index in [4.69, 9.17) is 10.5 Å². The molecule has 0 atom stereocenters. The smallest absolute Gasteiger partial charge is 0.126 e. The van der Waals surface area contributed by atoms with Gasteiger partial charge in [0.2, 0.25) is 0 Å². The fraction of sp³-hybridized carbons (Fsp3) is 0.500. The number of rotatable bonds is 4. The van der Waals surface area contributed by atoms with Crippen molar-refractivity contribution < 1.29 is 4.74 Å². The van der Waals surface area contributed by atoms with Gasteiger partial charge < -0.3 is 10.5 Å². The Kier molecular flexibility index (Phi) is 3.71. The molecule has 1 aromatic rings. The molecule has 1 heterocycles. The van der Waals surface area contributed by atoms with Gasteiger partial charge in [0.1, 0.15) is 5.82 Å². The zero-order chi connectivity index (χ0) is 9.68. The molecule has 72 valence electrons. The number of anilines is 1. The van der Waals surface area contributed by atoms with E-state index in [0.717, 1.165) is 12.0 Å². The summed E-state index contributed by atoms with van der Waals surface area (Å²) in [6.07, 6.45) is 2.80. The van der Waals surface area contributed by atoms with Crippen LogP contribution in [0.5, 0.6) is 0 Å². The van der Waals surface area contributed by atoms with Crippen LogP contribution in [0.15, 0.2) is 18.3 Å². The van der Waals surface area contributed by atoms with Gasteiger partial charge in [0.15, 0.2) is 0 Å². The van der Waals surface area contributed by atoms with E-state index in [1.807, 2.05) is 26.0 Å². The third-order valence-electron chi connectivity index (χ3n) is 1.75. The monoisotopic (exact) mass is 180 g/mol. The highest BCUT2D eigenvalue weighted by molar-refractivity contribution is 5.38. The predicted molar refractivity (Wildman–Crippen MR) is 53.4 cm³/mol. The van der Waals surface area contributed by atoms with Gasteiger partial charge in [-0.05, 0) is 31.9 Å². The van der Waals surface area contributed by atoms with Gasteiger partial charge in [-0.15, -0.1) is 0 Å². The SMILES string of the molecule is CC(C)OCCc1cccnc1N. The lowest BCUT2D eigenvalue weighted by molar-refractivity contribution is 0.0814. The van der Waals surface area contributed by atoms with Gasteiger partial charge in [-0.3, -0.25) is 0 Å². The molecular weight excluding hydrogens is 164 g/mol. The Labute approximate surface area is 78.9 Å². The largest absolute Gasteiger partial charge is 0.383 e. The molecule has 13 heavy (non-hydrogen) atoms. The fourth-order valence-electron chi connectivity index (χ4n) is 1.07. The van der Waals surface area contributed by atoms with Crippen molar-refractivity contribution in [1.82, 2.24) is 4.98 Å². The zero-order valence-corrected chi connectivity index (χ0v) is 8.16. The average molecular weight is 180 g/mol. The van der Waals surface area contributed by atoms with E-state index in [0.29, 0.717) is 12.4 Å². The summed E-state index contributed by atoms with van der Waals surface area (Å²) in [5.41, 5.74) is 6.73. The van der Waals surface area contributed by atoms with E-state index in [1.54, 1.807) is 6.20 Å². The topological polar surface area (TPSA) is 48.1 Å². The highest BCUT2D eigenvalue weighted by atomic mass is 16.5. The average Bonchev–Trinajstić information content (AvgIpc) is 2.08. The molecule has 1 rings (SSSR count). The van der Waals surface area contributed by atoms with Crippen LogP contribution in [-0.4, -0.2) is 17.7 Å². The van der Waals surface area contributed by atoms with Crippen molar-refractivity contribution in [1.29, 1.82) is 0 Å². The number of nitrogens with zero attached hydrogens (tertiary/aromatic N) is 1. The van der Waals surface area contributed by atoms with Gasteiger partial charge >= 0.3 is 0 Å². The first-order chi connectivity index (χ1) is 6.20. The van der Waals surface area contributed by atoms with Crippen LogP contribution in [0.2, 0.25) is 0 Å². The second kappa shape index (κ2) is 4.82. The minimum absolute atomic E-state index is 0.276. The van der Waals surface area contributed by atoms with Gasteiger partial charge in [0.25, 0.3) is 0 Å². The van der Waals surface area contributed by atoms with Crippen molar-refractivity contribution in [3.8, 4) is 0 Å². The molecule has 0 radical (unpaired) electrons. The fourth-order valence-corrected chi connectivity index (χ4v) is 1.07. The molecule has 0 saturated heterocycles. The second-order valence-corrected chi connectivity index (χ2v) is 3.22. The molecule has 0 spiro atoms. The van der Waals surface area contributed by atoms with Crippen molar-refractivity contribution >= 4 is 5.82 Å². The molecule has 0 aliphatic carbocycles. The highest BCUT2D eigenvalue weighted by Gasteiger charge is 1.99. The Morgan fingerprint density at radius 2 is 2.31 bits per heavy atom. The number of hydrogen-bond donors (Lipinski definition) is 1. The lowest BCUT2D eigenvalue weighted by Crippen LogP contribution is -2.07. The minimum Gasteiger partial charge on any atom is -0.383 e. The summed E-state index contributed by atoms with van der Waals surface area (Å²) in [4.78, 5) is 4.00. The Hall–Kier alpha value is -1.09. The van der Waals surface area contributed by atoms with Gasteiger partial charge in [-0.1, -0.05) is 6.07 Å². The molecule has 3 nitrogen and oxygen atoms in total. The Morgan fingerprint density at radius 1 is 1.54 bits per heavy atom. The lowest BCUT2D eigenvalue weighted by Gasteiger charge is -2.07. The van der Waals surface area contributed by atoms with E-state index in [9.17, 15) is 0 Å². The van der Waals surface area contributed by atoms with Crippen LogP contribution in [0.3, 0.4) is 0 Å². The first-order valence-electron chi connectivity index (χ1n) is 4.51. The number of pyridine rings is 1. The van der Waals surface area contributed by atoms with Crippen LogP contribution in [0.1, 0.15) is 19.4 Å². The number of ether oxygens (including phenoxy) is 1. The Morgan fingerprint density at radius 3 is 2.92 bits per heavy atom. The van der Waals surface area contributed by atoms with Crippen molar-refractivity contribution in [2.24, 2.45) is 0 Å². The zero-order valence-electron chi connectivity index (χ0n) is 8.16. The van der Waals surface area contributed by atoms with Crippen LogP contribution < -0.4 is 5.73 Å². The molecule has 0 aliphatic rings. The molecule has 0 fully saturated rings. The van der Waals surface area contributed by atoms with E-state index < -0.39 is 0 Å². The van der Waals surface area contributed by atoms with E-state index in [1.165, 1.54) is 0 Å². The van der Waals surface area contributed by atoms with E-state index >= 15 is 0 Å². The Bertz CT molecular complexity index is 261. The maximum Gasteiger partial charge on any atom is 0.126 e. The van der Waals surface area contributed by atoms with Gasteiger partial charge in [-0.25, -0.2) is 4.98 Å². The van der Waals surface area contributed by atoms with Crippen LogP contribution >= 0.6 is 0 Å². The summed E-state index contributed by atoms with van der Waals surface area (Å²) >= 11 is 0. The van der Waals surface area contributed by atoms with E-state index in [2.05, 4.69) is 4.98 Å². The molecule has 1 aromatic heterocycles.